The highest BCUT2D eigenvalue weighted by Gasteiger charge is 2.19. The third-order valence-corrected chi connectivity index (χ3v) is 4.95. The van der Waals surface area contributed by atoms with Crippen molar-refractivity contribution in [2.75, 3.05) is 25.5 Å². The fourth-order valence-electron chi connectivity index (χ4n) is 3.28. The average molecular weight is 433 g/mol. The summed E-state index contributed by atoms with van der Waals surface area (Å²) in [4.78, 5) is 17.0. The Labute approximate surface area is 180 Å². The zero-order valence-corrected chi connectivity index (χ0v) is 18.3. The lowest BCUT2D eigenvalue weighted by Gasteiger charge is -2.15. The Morgan fingerprint density at radius 3 is 2.58 bits per heavy atom. The fourth-order valence-corrected chi connectivity index (χ4v) is 3.28. The van der Waals surface area contributed by atoms with Crippen LogP contribution >= 0.6 is 0 Å². The second-order valence-electron chi connectivity index (χ2n) is 7.02. The lowest BCUT2D eigenvalue weighted by atomic mass is 10.2. The number of anilines is 2. The quantitative estimate of drug-likeness (QED) is 0.560. The molecule has 0 spiro atoms. The van der Waals surface area contributed by atoms with Crippen molar-refractivity contribution in [3.05, 3.63) is 53.6 Å². The third kappa shape index (κ3) is 5.86. The van der Waals surface area contributed by atoms with Crippen LogP contribution in [0.5, 0.6) is 0 Å². The summed E-state index contributed by atoms with van der Waals surface area (Å²) in [5.41, 5.74) is 1.02. The number of nitrogens with zero attached hydrogens (tertiary/aromatic N) is 2. The fraction of sp³-hybridized carbons (Fsp3) is 0.391. The first kappa shape index (κ1) is 24.4. The van der Waals surface area contributed by atoms with E-state index >= 15 is 0 Å². The lowest BCUT2D eigenvalue weighted by molar-refractivity contribution is 0.110. The van der Waals surface area contributed by atoms with Crippen molar-refractivity contribution in [1.82, 2.24) is 9.88 Å². The zero-order valence-electron chi connectivity index (χ0n) is 18.3. The lowest BCUT2D eigenvalue weighted by Crippen LogP contribution is -2.27. The van der Waals surface area contributed by atoms with Gasteiger partial charge in [0.2, 0.25) is 0 Å². The number of nitrogens with one attached hydrogen (secondary N) is 1. The Hall–Kier alpha value is -2.84. The summed E-state index contributed by atoms with van der Waals surface area (Å²) in [5, 5.41) is 11.7. The first-order chi connectivity index (χ1) is 14.9. The first-order valence-corrected chi connectivity index (χ1v) is 10.3. The number of aryl methyl sites for hydroxylation is 1. The van der Waals surface area contributed by atoms with E-state index < -0.39 is 11.6 Å². The van der Waals surface area contributed by atoms with Crippen molar-refractivity contribution in [2.24, 2.45) is 0 Å². The van der Waals surface area contributed by atoms with Gasteiger partial charge < -0.3 is 19.7 Å². The van der Waals surface area contributed by atoms with Gasteiger partial charge in [-0.25, -0.2) is 8.78 Å². The minimum atomic E-state index is -0.687. The monoisotopic (exact) mass is 433 g/mol. The van der Waals surface area contributed by atoms with Gasteiger partial charge in [-0.05, 0) is 51.1 Å². The van der Waals surface area contributed by atoms with Crippen LogP contribution in [-0.4, -0.2) is 47.5 Å². The normalized spacial score (nSPS) is 15.6. The van der Waals surface area contributed by atoms with Crippen molar-refractivity contribution in [3.63, 3.8) is 0 Å². The summed E-state index contributed by atoms with van der Waals surface area (Å²) in [6, 6.07) is 5.05. The van der Waals surface area contributed by atoms with Crippen LogP contribution in [0.4, 0.5) is 20.2 Å². The van der Waals surface area contributed by atoms with Crippen LogP contribution < -0.4 is 5.32 Å². The number of benzene rings is 1. The number of likely N-dealkylation sites (N-methyl/N-ethyl adjacent to an activating group) is 1. The summed E-state index contributed by atoms with van der Waals surface area (Å²) in [6.45, 7) is 7.25. The number of rotatable bonds is 4. The van der Waals surface area contributed by atoms with Crippen LogP contribution in [0.3, 0.4) is 0 Å². The molecule has 0 aliphatic carbocycles. The van der Waals surface area contributed by atoms with E-state index in [1.165, 1.54) is 31.2 Å². The van der Waals surface area contributed by atoms with Crippen LogP contribution in [0.2, 0.25) is 0 Å². The van der Waals surface area contributed by atoms with Crippen molar-refractivity contribution in [3.8, 4) is 0 Å². The van der Waals surface area contributed by atoms with Gasteiger partial charge in [0, 0.05) is 12.2 Å². The van der Waals surface area contributed by atoms with Crippen LogP contribution in [0.1, 0.15) is 42.8 Å². The van der Waals surface area contributed by atoms with E-state index in [-0.39, 0.29) is 28.1 Å². The Bertz CT molecular complexity index is 1010. The summed E-state index contributed by atoms with van der Waals surface area (Å²) in [5.74, 6) is -1.28. The van der Waals surface area contributed by atoms with Gasteiger partial charge in [-0.3, -0.25) is 9.78 Å². The molecular formula is C23H29F2N3O3. The molecule has 2 N–H and O–H groups in total. The Morgan fingerprint density at radius 2 is 2.03 bits per heavy atom. The highest BCUT2D eigenvalue weighted by atomic mass is 19.1. The second-order valence-corrected chi connectivity index (χ2v) is 7.02. The topological polar surface area (TPSA) is 78.6 Å². The van der Waals surface area contributed by atoms with E-state index in [9.17, 15) is 13.6 Å². The van der Waals surface area contributed by atoms with E-state index in [0.29, 0.717) is 18.9 Å². The molecule has 168 valence electrons. The van der Waals surface area contributed by atoms with Gasteiger partial charge in [-0.2, -0.15) is 0 Å². The molecule has 1 aromatic carbocycles. The van der Waals surface area contributed by atoms with Crippen molar-refractivity contribution >= 4 is 28.6 Å². The van der Waals surface area contributed by atoms with Crippen LogP contribution in [0.25, 0.3) is 11.0 Å². The van der Waals surface area contributed by atoms with E-state index in [4.69, 9.17) is 9.52 Å². The summed E-state index contributed by atoms with van der Waals surface area (Å²) >= 11 is 0. The summed E-state index contributed by atoms with van der Waals surface area (Å²) in [6.07, 6.45) is 5.20. The Morgan fingerprint density at radius 1 is 1.29 bits per heavy atom. The molecule has 2 aromatic heterocycles. The number of aliphatic hydroxyl groups is 1. The van der Waals surface area contributed by atoms with Gasteiger partial charge in [0.15, 0.2) is 23.4 Å². The van der Waals surface area contributed by atoms with Crippen LogP contribution in [0, 0.1) is 18.6 Å². The third-order valence-electron chi connectivity index (χ3n) is 4.95. The minimum absolute atomic E-state index is 0.0953. The molecule has 6 nitrogen and oxygen atoms in total. The Kier molecular flexibility index (Phi) is 9.08. The number of pyridine rings is 1. The molecule has 0 amide bonds. The molecule has 1 atom stereocenters. The molecule has 0 bridgehead atoms. The average Bonchev–Trinajstić information content (AvgIpc) is 3.35. The maximum absolute atomic E-state index is 13.9. The van der Waals surface area contributed by atoms with Crippen LogP contribution in [0.15, 0.2) is 35.0 Å². The standard InChI is InChI=1S/C15H10F2N2O2.C6H13NO.C2H6/c1-8-2-3-12(10(16)4-8)19-14-9-5-18-6-11(17)15(9)21-13(14)7-20;1-7-4-2-3-6(7)5-8;1-2/h2-7,19H,1H3;6,8H,2-5H2,1H3;1-2H3. The smallest absolute Gasteiger partial charge is 0.191 e. The number of likely N-dealkylation sites (tertiary alicyclic amines) is 1. The van der Waals surface area contributed by atoms with E-state index in [1.807, 2.05) is 13.8 Å². The molecule has 1 aliphatic heterocycles. The molecule has 1 saturated heterocycles. The molecule has 4 rings (SSSR count). The predicted molar refractivity (Wildman–Crippen MR) is 118 cm³/mol. The number of carbonyl (C=O) groups excluding carboxylic acids is 1. The molecular weight excluding hydrogens is 404 g/mol. The zero-order chi connectivity index (χ0) is 23.0. The molecule has 1 aliphatic rings. The second kappa shape index (κ2) is 11.5. The molecule has 3 aromatic rings. The number of aromatic nitrogens is 1. The van der Waals surface area contributed by atoms with Crippen LogP contribution in [-0.2, 0) is 0 Å². The number of aliphatic hydroxyl groups excluding tert-OH is 1. The number of fused-ring (bicyclic) bond motifs is 1. The predicted octanol–water partition coefficient (Wildman–Crippen LogP) is 5.07. The van der Waals surface area contributed by atoms with Gasteiger partial charge in [0.1, 0.15) is 5.82 Å². The van der Waals surface area contributed by atoms with E-state index in [0.717, 1.165) is 18.3 Å². The number of hydrogen-bond donors (Lipinski definition) is 2. The van der Waals surface area contributed by atoms with Crippen molar-refractivity contribution < 1.29 is 23.1 Å². The maximum Gasteiger partial charge on any atom is 0.191 e. The molecule has 31 heavy (non-hydrogen) atoms. The number of carbonyl (C=O) groups is 1. The number of furan rings is 1. The maximum atomic E-state index is 13.9. The number of aldehydes is 1. The molecule has 1 fully saturated rings. The summed E-state index contributed by atoms with van der Waals surface area (Å²) < 4.78 is 32.6. The van der Waals surface area contributed by atoms with E-state index in [2.05, 4.69) is 22.2 Å². The highest BCUT2D eigenvalue weighted by Crippen LogP contribution is 2.33. The van der Waals surface area contributed by atoms with Crippen molar-refractivity contribution in [1.29, 1.82) is 0 Å². The van der Waals surface area contributed by atoms with Gasteiger partial charge >= 0.3 is 0 Å². The molecule has 0 radical (unpaired) electrons. The van der Waals surface area contributed by atoms with Gasteiger partial charge in [-0.1, -0.05) is 19.9 Å². The van der Waals surface area contributed by atoms with E-state index in [1.54, 1.807) is 13.0 Å². The van der Waals surface area contributed by atoms with Gasteiger partial charge in [0.05, 0.1) is 29.6 Å². The first-order valence-electron chi connectivity index (χ1n) is 10.3. The number of halogens is 2. The highest BCUT2D eigenvalue weighted by molar-refractivity contribution is 6.00. The SMILES string of the molecule is CC.CN1CCCC1CO.Cc1ccc(Nc2c(C=O)oc3c(F)cncc23)c(F)c1. The largest absolute Gasteiger partial charge is 0.448 e. The van der Waals surface area contributed by atoms with Crippen molar-refractivity contribution in [2.45, 2.75) is 39.7 Å². The minimum Gasteiger partial charge on any atom is -0.448 e. The molecule has 0 saturated carbocycles. The van der Waals surface area contributed by atoms with Gasteiger partial charge in [-0.15, -0.1) is 0 Å². The molecule has 8 heteroatoms. The Balaban J connectivity index is 0.000000286. The molecule has 1 unspecified atom stereocenters. The van der Waals surface area contributed by atoms with Gasteiger partial charge in [0.25, 0.3) is 0 Å². The number of hydrogen-bond acceptors (Lipinski definition) is 6. The summed E-state index contributed by atoms with van der Waals surface area (Å²) in [7, 11) is 2.06. The molecule has 3 heterocycles.